The summed E-state index contributed by atoms with van der Waals surface area (Å²) in [5.41, 5.74) is 1.11. The Bertz CT molecular complexity index is 487. The monoisotopic (exact) mass is 203 g/mol. The van der Waals surface area contributed by atoms with E-state index >= 15 is 0 Å². The zero-order valence-corrected chi connectivity index (χ0v) is 8.21. The molecular formula is C10H10BNO3. The molecule has 5 heteroatoms. The van der Waals surface area contributed by atoms with Gasteiger partial charge in [0.15, 0.2) is 0 Å². The maximum absolute atomic E-state index is 9.08. The summed E-state index contributed by atoms with van der Waals surface area (Å²) in [6, 6.07) is 6.88. The number of nitrogens with zero attached hydrogens (tertiary/aromatic N) is 1. The minimum atomic E-state index is -1.50. The summed E-state index contributed by atoms with van der Waals surface area (Å²) in [7, 11) is 0.0280. The van der Waals surface area contributed by atoms with E-state index in [-0.39, 0.29) is 0 Å². The Morgan fingerprint density at radius 1 is 1.33 bits per heavy atom. The lowest BCUT2D eigenvalue weighted by Gasteiger charge is -2.07. The van der Waals surface area contributed by atoms with E-state index in [0.717, 1.165) is 5.39 Å². The van der Waals surface area contributed by atoms with Crippen molar-refractivity contribution in [3.8, 4) is 5.75 Å². The zero-order chi connectivity index (χ0) is 10.8. The first-order chi connectivity index (χ1) is 7.22. The zero-order valence-electron chi connectivity index (χ0n) is 8.21. The van der Waals surface area contributed by atoms with Crippen LogP contribution in [-0.4, -0.2) is 29.3 Å². The second kappa shape index (κ2) is 3.88. The standard InChI is InChI=1S/C10H10BNO3/c1-15-9-6-8(11(13)14)5-7-3-2-4-12-10(7)9/h2-6,13-14H,1H3. The second-order valence-corrected chi connectivity index (χ2v) is 3.17. The molecule has 0 aliphatic rings. The number of hydrogen-bond donors (Lipinski definition) is 2. The number of methoxy groups -OCH3 is 1. The van der Waals surface area contributed by atoms with Crippen molar-refractivity contribution in [3.63, 3.8) is 0 Å². The molecule has 1 heterocycles. The molecule has 1 aromatic heterocycles. The van der Waals surface area contributed by atoms with Crippen molar-refractivity contribution in [1.82, 2.24) is 4.98 Å². The molecule has 0 bridgehead atoms. The molecule has 0 amide bonds. The van der Waals surface area contributed by atoms with Crippen molar-refractivity contribution < 1.29 is 14.8 Å². The van der Waals surface area contributed by atoms with E-state index in [1.165, 1.54) is 7.11 Å². The topological polar surface area (TPSA) is 62.6 Å². The van der Waals surface area contributed by atoms with Crippen molar-refractivity contribution in [3.05, 3.63) is 30.5 Å². The van der Waals surface area contributed by atoms with Crippen molar-refractivity contribution in [2.24, 2.45) is 0 Å². The molecule has 0 saturated heterocycles. The van der Waals surface area contributed by atoms with Crippen LogP contribution >= 0.6 is 0 Å². The van der Waals surface area contributed by atoms with Gasteiger partial charge in [0, 0.05) is 11.6 Å². The van der Waals surface area contributed by atoms with Gasteiger partial charge in [-0.15, -0.1) is 0 Å². The Kier molecular flexibility index (Phi) is 2.57. The first-order valence-corrected chi connectivity index (χ1v) is 4.51. The summed E-state index contributed by atoms with van der Waals surface area (Å²) in [5.74, 6) is 0.538. The molecule has 0 aliphatic carbocycles. The number of pyridine rings is 1. The van der Waals surface area contributed by atoms with Gasteiger partial charge in [-0.25, -0.2) is 0 Å². The third kappa shape index (κ3) is 1.79. The lowest BCUT2D eigenvalue weighted by molar-refractivity contribution is 0.415. The smallest absolute Gasteiger partial charge is 0.488 e. The van der Waals surface area contributed by atoms with Gasteiger partial charge < -0.3 is 14.8 Å². The lowest BCUT2D eigenvalue weighted by atomic mass is 9.79. The fraction of sp³-hybridized carbons (Fsp3) is 0.100. The molecule has 0 spiro atoms. The highest BCUT2D eigenvalue weighted by Gasteiger charge is 2.14. The van der Waals surface area contributed by atoms with Crippen molar-refractivity contribution in [2.45, 2.75) is 0 Å². The molecule has 1 aromatic carbocycles. The maximum Gasteiger partial charge on any atom is 0.488 e. The molecular weight excluding hydrogens is 193 g/mol. The highest BCUT2D eigenvalue weighted by Crippen LogP contribution is 2.21. The fourth-order valence-electron chi connectivity index (χ4n) is 1.49. The largest absolute Gasteiger partial charge is 0.494 e. The van der Waals surface area contributed by atoms with Crippen LogP contribution in [0.25, 0.3) is 10.9 Å². The average molecular weight is 203 g/mol. The van der Waals surface area contributed by atoms with Crippen LogP contribution < -0.4 is 10.2 Å². The Labute approximate surface area is 87.3 Å². The van der Waals surface area contributed by atoms with E-state index in [9.17, 15) is 0 Å². The number of benzene rings is 1. The number of rotatable bonds is 2. The van der Waals surface area contributed by atoms with Crippen LogP contribution in [0.2, 0.25) is 0 Å². The molecule has 2 N–H and O–H groups in total. The Balaban J connectivity index is 2.71. The summed E-state index contributed by atoms with van der Waals surface area (Å²) in [6.45, 7) is 0. The molecule has 0 unspecified atom stereocenters. The van der Waals surface area contributed by atoms with Crippen LogP contribution in [0.5, 0.6) is 5.75 Å². The summed E-state index contributed by atoms with van der Waals surface area (Å²) in [6.07, 6.45) is 1.67. The highest BCUT2D eigenvalue weighted by atomic mass is 16.5. The number of aromatic nitrogens is 1. The van der Waals surface area contributed by atoms with E-state index in [2.05, 4.69) is 4.98 Å². The van der Waals surface area contributed by atoms with Crippen molar-refractivity contribution in [1.29, 1.82) is 0 Å². The molecule has 0 atom stereocenters. The quantitative estimate of drug-likeness (QED) is 0.670. The van der Waals surface area contributed by atoms with Gasteiger partial charge in [0.05, 0.1) is 7.11 Å². The predicted molar refractivity (Wildman–Crippen MR) is 58.1 cm³/mol. The summed E-state index contributed by atoms with van der Waals surface area (Å²) < 4.78 is 5.13. The molecule has 0 saturated carbocycles. The molecule has 2 aromatic rings. The number of hydrogen-bond acceptors (Lipinski definition) is 4. The van der Waals surface area contributed by atoms with Gasteiger partial charge in [0.25, 0.3) is 0 Å². The number of ether oxygens (including phenoxy) is 1. The molecule has 76 valence electrons. The summed E-state index contributed by atoms with van der Waals surface area (Å²) >= 11 is 0. The Morgan fingerprint density at radius 2 is 2.13 bits per heavy atom. The minimum Gasteiger partial charge on any atom is -0.494 e. The Hall–Kier alpha value is -1.59. The Morgan fingerprint density at radius 3 is 2.80 bits per heavy atom. The molecule has 2 rings (SSSR count). The van der Waals surface area contributed by atoms with Crippen LogP contribution in [0.4, 0.5) is 0 Å². The van der Waals surface area contributed by atoms with Crippen LogP contribution in [0.1, 0.15) is 0 Å². The molecule has 0 fully saturated rings. The van der Waals surface area contributed by atoms with Crippen LogP contribution in [0.3, 0.4) is 0 Å². The van der Waals surface area contributed by atoms with Gasteiger partial charge in [-0.05, 0) is 17.6 Å². The predicted octanol–water partition coefficient (Wildman–Crippen LogP) is -0.0768. The van der Waals surface area contributed by atoms with E-state index in [0.29, 0.717) is 16.7 Å². The molecule has 15 heavy (non-hydrogen) atoms. The normalized spacial score (nSPS) is 10.3. The first-order valence-electron chi connectivity index (χ1n) is 4.51. The van der Waals surface area contributed by atoms with Gasteiger partial charge in [0.2, 0.25) is 0 Å². The fourth-order valence-corrected chi connectivity index (χ4v) is 1.49. The molecule has 0 aliphatic heterocycles. The van der Waals surface area contributed by atoms with E-state index in [1.807, 2.05) is 6.07 Å². The SMILES string of the molecule is COc1cc(B(O)O)cc2cccnc12. The van der Waals surface area contributed by atoms with Gasteiger partial charge in [-0.3, -0.25) is 4.98 Å². The average Bonchev–Trinajstić information content (AvgIpc) is 2.27. The first kappa shape index (κ1) is 9.95. The minimum absolute atomic E-state index is 0.396. The number of fused-ring (bicyclic) bond motifs is 1. The van der Waals surface area contributed by atoms with Gasteiger partial charge in [-0.1, -0.05) is 12.1 Å². The van der Waals surface area contributed by atoms with Gasteiger partial charge in [0.1, 0.15) is 11.3 Å². The third-order valence-corrected chi connectivity index (χ3v) is 2.21. The van der Waals surface area contributed by atoms with Crippen molar-refractivity contribution >= 4 is 23.5 Å². The highest BCUT2D eigenvalue weighted by molar-refractivity contribution is 6.59. The van der Waals surface area contributed by atoms with Crippen LogP contribution in [-0.2, 0) is 0 Å². The second-order valence-electron chi connectivity index (χ2n) is 3.17. The van der Waals surface area contributed by atoms with Crippen LogP contribution in [0.15, 0.2) is 30.5 Å². The third-order valence-electron chi connectivity index (χ3n) is 2.21. The molecule has 4 nitrogen and oxygen atoms in total. The maximum atomic E-state index is 9.08. The van der Waals surface area contributed by atoms with E-state index in [1.54, 1.807) is 24.4 Å². The van der Waals surface area contributed by atoms with Crippen molar-refractivity contribution in [2.75, 3.05) is 7.11 Å². The molecule has 0 radical (unpaired) electrons. The summed E-state index contributed by atoms with van der Waals surface area (Å²) in [5, 5.41) is 19.0. The van der Waals surface area contributed by atoms with E-state index in [4.69, 9.17) is 14.8 Å². The van der Waals surface area contributed by atoms with Gasteiger partial charge >= 0.3 is 7.12 Å². The van der Waals surface area contributed by atoms with E-state index < -0.39 is 7.12 Å². The summed E-state index contributed by atoms with van der Waals surface area (Å²) in [4.78, 5) is 4.16. The lowest BCUT2D eigenvalue weighted by Crippen LogP contribution is -2.29. The van der Waals surface area contributed by atoms with Gasteiger partial charge in [-0.2, -0.15) is 0 Å². The van der Waals surface area contributed by atoms with Crippen LogP contribution in [0, 0.1) is 0 Å².